The van der Waals surface area contributed by atoms with Gasteiger partial charge in [0.05, 0.1) is 0 Å². The Morgan fingerprint density at radius 2 is 1.38 bits per heavy atom. The number of anilines is 2. The molecule has 0 atom stereocenters. The van der Waals surface area contributed by atoms with E-state index < -0.39 is 0 Å². The summed E-state index contributed by atoms with van der Waals surface area (Å²) in [5, 5.41) is 2.83. The molecule has 130 valence electrons. The second-order valence-electron chi connectivity index (χ2n) is 5.74. The van der Waals surface area contributed by atoms with Crippen molar-refractivity contribution in [2.24, 2.45) is 0 Å². The molecular weight excluding hydrogens is 392 g/mol. The summed E-state index contributed by atoms with van der Waals surface area (Å²) >= 11 is 3.34. The van der Waals surface area contributed by atoms with E-state index in [1.54, 1.807) is 48.3 Å². The van der Waals surface area contributed by atoms with Crippen LogP contribution in [0.4, 0.5) is 11.4 Å². The molecule has 0 bridgehead atoms. The van der Waals surface area contributed by atoms with Crippen molar-refractivity contribution in [2.45, 2.75) is 0 Å². The molecule has 5 heteroatoms. The van der Waals surface area contributed by atoms with Crippen LogP contribution in [-0.4, -0.2) is 18.9 Å². The lowest BCUT2D eigenvalue weighted by atomic mass is 10.1. The number of halogens is 1. The highest BCUT2D eigenvalue weighted by atomic mass is 79.9. The van der Waals surface area contributed by atoms with Crippen LogP contribution in [0.2, 0.25) is 0 Å². The SMILES string of the molecule is CN(C(=O)c1ccc(NC(=O)c2ccc(Br)cc2)cc1)c1ccccc1. The maximum absolute atomic E-state index is 12.6. The number of rotatable bonds is 4. The van der Waals surface area contributed by atoms with Crippen molar-refractivity contribution < 1.29 is 9.59 Å². The van der Waals surface area contributed by atoms with Gasteiger partial charge >= 0.3 is 0 Å². The summed E-state index contributed by atoms with van der Waals surface area (Å²) in [4.78, 5) is 26.4. The Kier molecular flexibility index (Phi) is 5.49. The van der Waals surface area contributed by atoms with Gasteiger partial charge in [-0.2, -0.15) is 0 Å². The lowest BCUT2D eigenvalue weighted by Crippen LogP contribution is -2.26. The molecule has 0 heterocycles. The average Bonchev–Trinajstić information content (AvgIpc) is 2.68. The first-order valence-electron chi connectivity index (χ1n) is 8.05. The van der Waals surface area contributed by atoms with Gasteiger partial charge in [-0.15, -0.1) is 0 Å². The minimum atomic E-state index is -0.196. The number of hydrogen-bond acceptors (Lipinski definition) is 2. The summed E-state index contributed by atoms with van der Waals surface area (Å²) in [6.45, 7) is 0. The average molecular weight is 409 g/mol. The maximum Gasteiger partial charge on any atom is 0.258 e. The fourth-order valence-electron chi connectivity index (χ4n) is 2.46. The minimum Gasteiger partial charge on any atom is -0.322 e. The molecule has 3 rings (SSSR count). The summed E-state index contributed by atoms with van der Waals surface area (Å²) < 4.78 is 0.916. The number of amides is 2. The lowest BCUT2D eigenvalue weighted by Gasteiger charge is -2.17. The van der Waals surface area contributed by atoms with Gasteiger partial charge in [-0.25, -0.2) is 0 Å². The molecule has 0 spiro atoms. The van der Waals surface area contributed by atoms with Crippen molar-refractivity contribution in [1.29, 1.82) is 0 Å². The van der Waals surface area contributed by atoms with E-state index in [0.29, 0.717) is 16.8 Å². The summed E-state index contributed by atoms with van der Waals surface area (Å²) in [5.74, 6) is -0.306. The van der Waals surface area contributed by atoms with E-state index in [2.05, 4.69) is 21.2 Å². The molecule has 0 fully saturated rings. The number of para-hydroxylation sites is 1. The van der Waals surface area contributed by atoms with Gasteiger partial charge in [-0.05, 0) is 60.7 Å². The first-order valence-corrected chi connectivity index (χ1v) is 8.84. The Hall–Kier alpha value is -2.92. The number of nitrogens with zero attached hydrogens (tertiary/aromatic N) is 1. The van der Waals surface area contributed by atoms with Gasteiger partial charge < -0.3 is 10.2 Å². The topological polar surface area (TPSA) is 49.4 Å². The number of hydrogen-bond donors (Lipinski definition) is 1. The Morgan fingerprint density at radius 1 is 0.808 bits per heavy atom. The number of carbonyl (C=O) groups is 2. The molecule has 0 aliphatic rings. The summed E-state index contributed by atoms with van der Waals surface area (Å²) in [5.41, 5.74) is 2.58. The van der Waals surface area contributed by atoms with Gasteiger partial charge in [0.2, 0.25) is 0 Å². The molecule has 26 heavy (non-hydrogen) atoms. The first-order chi connectivity index (χ1) is 12.5. The Bertz CT molecular complexity index is 907. The highest BCUT2D eigenvalue weighted by molar-refractivity contribution is 9.10. The number of benzene rings is 3. The monoisotopic (exact) mass is 408 g/mol. The van der Waals surface area contributed by atoms with E-state index >= 15 is 0 Å². The van der Waals surface area contributed by atoms with E-state index in [0.717, 1.165) is 10.2 Å². The highest BCUT2D eigenvalue weighted by Crippen LogP contribution is 2.17. The zero-order valence-electron chi connectivity index (χ0n) is 14.1. The van der Waals surface area contributed by atoms with Gasteiger partial charge in [0.1, 0.15) is 0 Å². The molecule has 0 unspecified atom stereocenters. The van der Waals surface area contributed by atoms with Crippen LogP contribution in [0.5, 0.6) is 0 Å². The predicted molar refractivity (Wildman–Crippen MR) is 108 cm³/mol. The lowest BCUT2D eigenvalue weighted by molar-refractivity contribution is 0.0991. The van der Waals surface area contributed by atoms with E-state index in [-0.39, 0.29) is 11.8 Å². The van der Waals surface area contributed by atoms with Gasteiger partial charge in [0.25, 0.3) is 11.8 Å². The molecule has 0 saturated heterocycles. The summed E-state index contributed by atoms with van der Waals surface area (Å²) in [6, 6.07) is 23.4. The second-order valence-corrected chi connectivity index (χ2v) is 6.65. The highest BCUT2D eigenvalue weighted by Gasteiger charge is 2.13. The van der Waals surface area contributed by atoms with Crippen molar-refractivity contribution in [1.82, 2.24) is 0 Å². The molecule has 1 N–H and O–H groups in total. The van der Waals surface area contributed by atoms with E-state index in [1.807, 2.05) is 42.5 Å². The van der Waals surface area contributed by atoms with Crippen LogP contribution in [0.3, 0.4) is 0 Å². The minimum absolute atomic E-state index is 0.109. The molecule has 0 saturated carbocycles. The third-order valence-corrected chi connectivity index (χ3v) is 4.47. The normalized spacial score (nSPS) is 10.2. The van der Waals surface area contributed by atoms with Crippen molar-refractivity contribution in [2.75, 3.05) is 17.3 Å². The van der Waals surface area contributed by atoms with E-state index in [1.165, 1.54) is 0 Å². The van der Waals surface area contributed by atoms with Crippen LogP contribution in [0.25, 0.3) is 0 Å². The van der Waals surface area contributed by atoms with Gasteiger partial charge in [-0.1, -0.05) is 34.1 Å². The van der Waals surface area contributed by atoms with Crippen LogP contribution in [0, 0.1) is 0 Å². The Morgan fingerprint density at radius 3 is 2.00 bits per heavy atom. The zero-order valence-corrected chi connectivity index (χ0v) is 15.7. The molecular formula is C21H17BrN2O2. The van der Waals surface area contributed by atoms with Crippen LogP contribution >= 0.6 is 15.9 Å². The quantitative estimate of drug-likeness (QED) is 0.661. The molecule has 3 aromatic rings. The van der Waals surface area contributed by atoms with E-state index in [9.17, 15) is 9.59 Å². The largest absolute Gasteiger partial charge is 0.322 e. The van der Waals surface area contributed by atoms with Crippen LogP contribution in [-0.2, 0) is 0 Å². The third kappa shape index (κ3) is 4.18. The van der Waals surface area contributed by atoms with Gasteiger partial charge in [0, 0.05) is 34.0 Å². The number of carbonyl (C=O) groups excluding carboxylic acids is 2. The standard InChI is InChI=1S/C21H17BrN2O2/c1-24(19-5-3-2-4-6-19)21(26)16-9-13-18(14-10-16)23-20(25)15-7-11-17(22)12-8-15/h2-14H,1H3,(H,23,25). The molecule has 0 aromatic heterocycles. The van der Waals surface area contributed by atoms with Gasteiger partial charge in [-0.3, -0.25) is 9.59 Å². The third-order valence-electron chi connectivity index (χ3n) is 3.94. The number of nitrogens with one attached hydrogen (secondary N) is 1. The fraction of sp³-hybridized carbons (Fsp3) is 0.0476. The molecule has 0 radical (unpaired) electrons. The van der Waals surface area contributed by atoms with Crippen LogP contribution < -0.4 is 10.2 Å². The first kappa shape index (κ1) is 17.9. The van der Waals surface area contributed by atoms with Crippen LogP contribution in [0.15, 0.2) is 83.3 Å². The molecule has 2 amide bonds. The summed E-state index contributed by atoms with van der Waals surface area (Å²) in [6.07, 6.45) is 0. The van der Waals surface area contributed by atoms with Gasteiger partial charge in [0.15, 0.2) is 0 Å². The van der Waals surface area contributed by atoms with Crippen molar-refractivity contribution in [3.63, 3.8) is 0 Å². The summed E-state index contributed by atoms with van der Waals surface area (Å²) in [7, 11) is 1.74. The van der Waals surface area contributed by atoms with Crippen LogP contribution in [0.1, 0.15) is 20.7 Å². The van der Waals surface area contributed by atoms with Crippen molar-refractivity contribution in [3.8, 4) is 0 Å². The zero-order chi connectivity index (χ0) is 18.5. The smallest absolute Gasteiger partial charge is 0.258 e. The molecule has 4 nitrogen and oxygen atoms in total. The Balaban J connectivity index is 1.69. The van der Waals surface area contributed by atoms with Crippen molar-refractivity contribution in [3.05, 3.63) is 94.5 Å². The Labute approximate surface area is 160 Å². The second kappa shape index (κ2) is 7.97. The fourth-order valence-corrected chi connectivity index (χ4v) is 2.73. The molecule has 3 aromatic carbocycles. The molecule has 0 aliphatic carbocycles. The molecule has 0 aliphatic heterocycles. The predicted octanol–water partition coefficient (Wildman–Crippen LogP) is 4.98. The van der Waals surface area contributed by atoms with E-state index in [4.69, 9.17) is 0 Å². The van der Waals surface area contributed by atoms with Crippen molar-refractivity contribution >= 4 is 39.1 Å². The maximum atomic E-state index is 12.6.